The van der Waals surface area contributed by atoms with Crippen LogP contribution in [-0.2, 0) is 9.53 Å². The molecule has 0 aliphatic carbocycles. The fourth-order valence-electron chi connectivity index (χ4n) is 2.50. The Labute approximate surface area is 165 Å². The Bertz CT molecular complexity index is 806. The van der Waals surface area contributed by atoms with Crippen LogP contribution in [0.25, 0.3) is 0 Å². The van der Waals surface area contributed by atoms with Gasteiger partial charge in [0.1, 0.15) is 13.2 Å². The maximum atomic E-state index is 12.1. The topological polar surface area (TPSA) is 73.9 Å². The van der Waals surface area contributed by atoms with Gasteiger partial charge in [-0.25, -0.2) is 4.79 Å². The van der Waals surface area contributed by atoms with E-state index in [1.54, 1.807) is 24.3 Å². The lowest BCUT2D eigenvalue weighted by Crippen LogP contribution is -2.31. The number of rotatable bonds is 5. The minimum Gasteiger partial charge on any atom is -0.486 e. The first-order valence-electron chi connectivity index (χ1n) is 8.14. The highest BCUT2D eigenvalue weighted by molar-refractivity contribution is 14.1. The minimum atomic E-state index is -0.525. The number of hydrogen-bond acceptors (Lipinski definition) is 5. The van der Waals surface area contributed by atoms with Gasteiger partial charge in [-0.15, -0.1) is 0 Å². The molecule has 136 valence electrons. The lowest BCUT2D eigenvalue weighted by atomic mass is 10.1. The molecular formula is C19H18INO5. The summed E-state index contributed by atoms with van der Waals surface area (Å²) in [6, 6.07) is 12.2. The minimum absolute atomic E-state index is 0.254. The Hall–Kier alpha value is -2.29. The monoisotopic (exact) mass is 467 g/mol. The molecule has 1 amide bonds. The fraction of sp³-hybridized carbons (Fsp3) is 0.263. The van der Waals surface area contributed by atoms with Crippen LogP contribution in [-0.4, -0.2) is 31.7 Å². The molecule has 0 spiro atoms. The van der Waals surface area contributed by atoms with Crippen molar-refractivity contribution in [3.05, 3.63) is 57.2 Å². The highest BCUT2D eigenvalue weighted by Crippen LogP contribution is 2.32. The van der Waals surface area contributed by atoms with Gasteiger partial charge in [-0.05, 0) is 71.5 Å². The number of carbonyl (C=O) groups excluding carboxylic acids is 2. The normalized spacial score (nSPS) is 13.6. The quantitative estimate of drug-likeness (QED) is 0.541. The third-order valence-corrected chi connectivity index (χ3v) is 4.58. The van der Waals surface area contributed by atoms with Crippen molar-refractivity contribution in [2.24, 2.45) is 0 Å². The van der Waals surface area contributed by atoms with Crippen molar-refractivity contribution in [3.8, 4) is 11.5 Å². The molecule has 1 heterocycles. The summed E-state index contributed by atoms with van der Waals surface area (Å²) in [6.45, 7) is 2.56. The zero-order valence-electron chi connectivity index (χ0n) is 14.2. The molecule has 1 aliphatic rings. The largest absolute Gasteiger partial charge is 0.486 e. The number of halogens is 1. The summed E-state index contributed by atoms with van der Waals surface area (Å²) in [5.41, 5.74) is 1.30. The summed E-state index contributed by atoms with van der Waals surface area (Å²) in [5, 5.41) is 2.81. The van der Waals surface area contributed by atoms with Crippen LogP contribution in [0, 0.1) is 3.57 Å². The summed E-state index contributed by atoms with van der Waals surface area (Å²) < 4.78 is 17.1. The van der Waals surface area contributed by atoms with Gasteiger partial charge in [0, 0.05) is 3.57 Å². The smallest absolute Gasteiger partial charge is 0.338 e. The molecule has 1 N–H and O–H groups in total. The van der Waals surface area contributed by atoms with E-state index in [1.807, 2.05) is 25.1 Å². The van der Waals surface area contributed by atoms with Crippen molar-refractivity contribution in [1.29, 1.82) is 0 Å². The molecule has 0 fully saturated rings. The van der Waals surface area contributed by atoms with Gasteiger partial charge in [-0.1, -0.05) is 6.07 Å². The van der Waals surface area contributed by atoms with Gasteiger partial charge in [-0.3, -0.25) is 4.79 Å². The zero-order valence-corrected chi connectivity index (χ0v) is 16.3. The standard InChI is InChI=1S/C19H18INO5/c1-12(14-4-7-16-17(10-14)25-9-8-24-16)21-18(22)11-26-19(23)13-2-5-15(20)6-3-13/h2-7,10,12H,8-9,11H2,1H3,(H,21,22). The number of fused-ring (bicyclic) bond motifs is 1. The van der Waals surface area contributed by atoms with Gasteiger partial charge in [0.05, 0.1) is 11.6 Å². The predicted octanol–water partition coefficient (Wildman–Crippen LogP) is 3.10. The van der Waals surface area contributed by atoms with E-state index in [1.165, 1.54) is 0 Å². The number of esters is 1. The van der Waals surface area contributed by atoms with Gasteiger partial charge in [0.25, 0.3) is 5.91 Å². The molecule has 0 bridgehead atoms. The molecule has 0 saturated carbocycles. The molecule has 0 aromatic heterocycles. The van der Waals surface area contributed by atoms with Crippen LogP contribution in [0.15, 0.2) is 42.5 Å². The van der Waals surface area contributed by atoms with E-state index in [0.717, 1.165) is 9.13 Å². The van der Waals surface area contributed by atoms with E-state index < -0.39 is 5.97 Å². The highest BCUT2D eigenvalue weighted by Gasteiger charge is 2.17. The first kappa shape index (κ1) is 18.5. The van der Waals surface area contributed by atoms with Crippen LogP contribution < -0.4 is 14.8 Å². The van der Waals surface area contributed by atoms with Crippen molar-refractivity contribution in [2.45, 2.75) is 13.0 Å². The maximum Gasteiger partial charge on any atom is 0.338 e. The van der Waals surface area contributed by atoms with E-state index in [4.69, 9.17) is 14.2 Å². The van der Waals surface area contributed by atoms with Crippen LogP contribution >= 0.6 is 22.6 Å². The number of nitrogens with one attached hydrogen (secondary N) is 1. The highest BCUT2D eigenvalue weighted by atomic mass is 127. The Morgan fingerprint density at radius 3 is 2.54 bits per heavy atom. The molecule has 0 saturated heterocycles. The average molecular weight is 467 g/mol. The second-order valence-electron chi connectivity index (χ2n) is 5.78. The number of hydrogen-bond donors (Lipinski definition) is 1. The molecule has 6 nitrogen and oxygen atoms in total. The van der Waals surface area contributed by atoms with Crippen molar-refractivity contribution < 1.29 is 23.8 Å². The first-order valence-corrected chi connectivity index (χ1v) is 9.22. The van der Waals surface area contributed by atoms with Crippen molar-refractivity contribution in [3.63, 3.8) is 0 Å². The average Bonchev–Trinajstić information content (AvgIpc) is 2.66. The summed E-state index contributed by atoms with van der Waals surface area (Å²) in [6.07, 6.45) is 0. The third kappa shape index (κ3) is 4.66. The first-order chi connectivity index (χ1) is 12.5. The van der Waals surface area contributed by atoms with E-state index in [9.17, 15) is 9.59 Å². The second kappa shape index (κ2) is 8.39. The summed E-state index contributed by atoms with van der Waals surface area (Å²) in [5.74, 6) is 0.472. The molecule has 26 heavy (non-hydrogen) atoms. The van der Waals surface area contributed by atoms with Gasteiger partial charge in [0.2, 0.25) is 0 Å². The number of amides is 1. The van der Waals surface area contributed by atoms with Crippen LogP contribution in [0.2, 0.25) is 0 Å². The lowest BCUT2D eigenvalue weighted by Gasteiger charge is -2.21. The molecule has 2 aromatic carbocycles. The third-order valence-electron chi connectivity index (χ3n) is 3.86. The Morgan fingerprint density at radius 2 is 1.81 bits per heavy atom. The van der Waals surface area contributed by atoms with Crippen LogP contribution in [0.3, 0.4) is 0 Å². The number of ether oxygens (including phenoxy) is 3. The molecule has 1 atom stereocenters. The fourth-order valence-corrected chi connectivity index (χ4v) is 2.86. The molecule has 0 radical (unpaired) electrons. The summed E-state index contributed by atoms with van der Waals surface area (Å²) >= 11 is 2.15. The van der Waals surface area contributed by atoms with Crippen molar-refractivity contribution in [1.82, 2.24) is 5.32 Å². The maximum absolute atomic E-state index is 12.1. The Morgan fingerprint density at radius 1 is 1.12 bits per heavy atom. The van der Waals surface area contributed by atoms with Crippen LogP contribution in [0.4, 0.5) is 0 Å². The Balaban J connectivity index is 1.52. The van der Waals surface area contributed by atoms with Crippen LogP contribution in [0.1, 0.15) is 28.9 Å². The van der Waals surface area contributed by atoms with Gasteiger partial charge in [-0.2, -0.15) is 0 Å². The molecule has 1 aliphatic heterocycles. The Kier molecular flexibility index (Phi) is 5.97. The predicted molar refractivity (Wildman–Crippen MR) is 103 cm³/mol. The molecule has 2 aromatic rings. The summed E-state index contributed by atoms with van der Waals surface area (Å²) in [4.78, 5) is 24.0. The summed E-state index contributed by atoms with van der Waals surface area (Å²) in [7, 11) is 0. The van der Waals surface area contributed by atoms with E-state index >= 15 is 0 Å². The molecule has 7 heteroatoms. The second-order valence-corrected chi connectivity index (χ2v) is 7.02. The molecule has 1 unspecified atom stereocenters. The SMILES string of the molecule is CC(NC(=O)COC(=O)c1ccc(I)cc1)c1ccc2c(c1)OCCO2. The van der Waals surface area contributed by atoms with Crippen molar-refractivity contribution in [2.75, 3.05) is 19.8 Å². The lowest BCUT2D eigenvalue weighted by molar-refractivity contribution is -0.124. The van der Waals surface area contributed by atoms with Crippen LogP contribution in [0.5, 0.6) is 11.5 Å². The van der Waals surface area contributed by atoms with Crippen molar-refractivity contribution >= 4 is 34.5 Å². The zero-order chi connectivity index (χ0) is 18.5. The van der Waals surface area contributed by atoms with Gasteiger partial charge in [0.15, 0.2) is 18.1 Å². The molecular weight excluding hydrogens is 449 g/mol. The van der Waals surface area contributed by atoms with Gasteiger partial charge < -0.3 is 19.5 Å². The number of carbonyl (C=O) groups is 2. The molecule has 3 rings (SSSR count). The van der Waals surface area contributed by atoms with E-state index in [-0.39, 0.29) is 18.6 Å². The van der Waals surface area contributed by atoms with E-state index in [0.29, 0.717) is 30.3 Å². The van der Waals surface area contributed by atoms with Gasteiger partial charge >= 0.3 is 5.97 Å². The van der Waals surface area contributed by atoms with E-state index in [2.05, 4.69) is 27.9 Å². The number of benzene rings is 2.